The molecule has 2 heterocycles. The van der Waals surface area contributed by atoms with E-state index in [4.69, 9.17) is 9.83 Å². The van der Waals surface area contributed by atoms with Gasteiger partial charge in [-0.2, -0.15) is 13.2 Å². The molecule has 0 spiro atoms. The quantitative estimate of drug-likeness (QED) is 0.426. The molecule has 154 valence electrons. The van der Waals surface area contributed by atoms with Gasteiger partial charge in [0, 0.05) is 24.1 Å². The lowest BCUT2D eigenvalue weighted by molar-refractivity contribution is -0.137. The molecule has 0 aliphatic rings. The number of aromatic amines is 1. The summed E-state index contributed by atoms with van der Waals surface area (Å²) >= 11 is 1.38. The second-order valence-electron chi connectivity index (χ2n) is 6.70. The summed E-state index contributed by atoms with van der Waals surface area (Å²) in [6.07, 6.45) is -3.13. The standard InChI is InChI=1S/C20H15F3N4O2S/c21-20(22,23)13-4-1-11(2-5-13)9-14(24)6-8-17-26-27-18(30-17)12-3-7-15-16(10-12)29-19(28)25-15/h1-5,7,10,24H,6,8-9H2,(H,25,28). The van der Waals surface area contributed by atoms with Gasteiger partial charge in [0.15, 0.2) is 5.58 Å². The minimum absolute atomic E-state index is 0.285. The Morgan fingerprint density at radius 2 is 1.90 bits per heavy atom. The molecule has 2 aromatic heterocycles. The predicted molar refractivity (Wildman–Crippen MR) is 107 cm³/mol. The first kappa shape index (κ1) is 20.0. The van der Waals surface area contributed by atoms with Crippen molar-refractivity contribution in [3.8, 4) is 10.6 Å². The summed E-state index contributed by atoms with van der Waals surface area (Å²) in [5.74, 6) is -0.522. The summed E-state index contributed by atoms with van der Waals surface area (Å²) in [7, 11) is 0. The lowest BCUT2D eigenvalue weighted by Crippen LogP contribution is -2.06. The van der Waals surface area contributed by atoms with Crippen molar-refractivity contribution in [2.45, 2.75) is 25.4 Å². The van der Waals surface area contributed by atoms with Crippen molar-refractivity contribution in [3.63, 3.8) is 0 Å². The maximum atomic E-state index is 12.6. The highest BCUT2D eigenvalue weighted by atomic mass is 32.1. The number of aromatic nitrogens is 3. The monoisotopic (exact) mass is 432 g/mol. The van der Waals surface area contributed by atoms with Gasteiger partial charge in [-0.1, -0.05) is 23.5 Å². The number of H-pyrrole nitrogens is 1. The van der Waals surface area contributed by atoms with Gasteiger partial charge in [0.1, 0.15) is 10.0 Å². The second kappa shape index (κ2) is 7.86. The van der Waals surface area contributed by atoms with E-state index in [-0.39, 0.29) is 6.42 Å². The van der Waals surface area contributed by atoms with Gasteiger partial charge < -0.3 is 9.83 Å². The van der Waals surface area contributed by atoms with Crippen molar-refractivity contribution >= 4 is 28.1 Å². The molecule has 4 aromatic rings. The lowest BCUT2D eigenvalue weighted by atomic mass is 10.0. The van der Waals surface area contributed by atoms with Crippen LogP contribution >= 0.6 is 11.3 Å². The molecule has 0 atom stereocenters. The van der Waals surface area contributed by atoms with Crippen LogP contribution in [0.3, 0.4) is 0 Å². The van der Waals surface area contributed by atoms with E-state index in [1.807, 2.05) is 6.07 Å². The molecule has 0 unspecified atom stereocenters. The number of hydrogen-bond donors (Lipinski definition) is 2. The van der Waals surface area contributed by atoms with Crippen LogP contribution in [0.1, 0.15) is 22.6 Å². The number of nitrogens with zero attached hydrogens (tertiary/aromatic N) is 2. The number of rotatable bonds is 6. The third-order valence-corrected chi connectivity index (χ3v) is 5.51. The van der Waals surface area contributed by atoms with Gasteiger partial charge in [-0.3, -0.25) is 4.98 Å². The van der Waals surface area contributed by atoms with Crippen LogP contribution in [0.4, 0.5) is 13.2 Å². The summed E-state index contributed by atoms with van der Waals surface area (Å²) in [5, 5.41) is 17.8. The second-order valence-corrected chi connectivity index (χ2v) is 7.76. The zero-order chi connectivity index (χ0) is 21.3. The summed E-state index contributed by atoms with van der Waals surface area (Å²) in [4.78, 5) is 13.8. The zero-order valence-electron chi connectivity index (χ0n) is 15.4. The van der Waals surface area contributed by atoms with Crippen LogP contribution in [0.2, 0.25) is 0 Å². The Hall–Kier alpha value is -3.27. The molecule has 0 amide bonds. The molecule has 0 saturated heterocycles. The SMILES string of the molecule is N=C(CCc1nnc(-c2ccc3[nH]c(=O)oc3c2)s1)Cc1ccc(C(F)(F)F)cc1. The fraction of sp³-hybridized carbons (Fsp3) is 0.200. The summed E-state index contributed by atoms with van der Waals surface area (Å²) in [5.41, 5.74) is 2.18. The smallest absolute Gasteiger partial charge is 0.408 e. The van der Waals surface area contributed by atoms with Crippen molar-refractivity contribution in [1.29, 1.82) is 5.41 Å². The number of aryl methyl sites for hydroxylation is 1. The van der Waals surface area contributed by atoms with Crippen LogP contribution in [-0.4, -0.2) is 20.9 Å². The van der Waals surface area contributed by atoms with Gasteiger partial charge in [-0.05, 0) is 42.3 Å². The first-order valence-corrected chi connectivity index (χ1v) is 9.77. The predicted octanol–water partition coefficient (Wildman–Crippen LogP) is 4.85. The number of halogens is 3. The van der Waals surface area contributed by atoms with Crippen LogP contribution in [0.25, 0.3) is 21.7 Å². The minimum Gasteiger partial charge on any atom is -0.408 e. The normalized spacial score (nSPS) is 11.8. The molecule has 6 nitrogen and oxygen atoms in total. The largest absolute Gasteiger partial charge is 0.417 e. The van der Waals surface area contributed by atoms with Crippen LogP contribution in [0, 0.1) is 5.41 Å². The Morgan fingerprint density at radius 3 is 2.63 bits per heavy atom. The molecule has 0 aliphatic heterocycles. The van der Waals surface area contributed by atoms with E-state index in [1.165, 1.54) is 23.5 Å². The minimum atomic E-state index is -4.36. The Balaban J connectivity index is 1.36. The van der Waals surface area contributed by atoms with Crippen LogP contribution in [0.15, 0.2) is 51.7 Å². The first-order valence-electron chi connectivity index (χ1n) is 8.96. The third-order valence-electron chi connectivity index (χ3n) is 4.47. The Morgan fingerprint density at radius 1 is 1.13 bits per heavy atom. The highest BCUT2D eigenvalue weighted by molar-refractivity contribution is 7.14. The fourth-order valence-electron chi connectivity index (χ4n) is 2.95. The van der Waals surface area contributed by atoms with E-state index in [0.717, 1.165) is 22.7 Å². The average molecular weight is 432 g/mol. The van der Waals surface area contributed by atoms with Gasteiger partial charge in [0.2, 0.25) is 0 Å². The van der Waals surface area contributed by atoms with Crippen molar-refractivity contribution in [2.75, 3.05) is 0 Å². The molecule has 10 heteroatoms. The van der Waals surface area contributed by atoms with E-state index < -0.39 is 17.5 Å². The molecule has 0 saturated carbocycles. The molecular weight excluding hydrogens is 417 g/mol. The van der Waals surface area contributed by atoms with Gasteiger partial charge >= 0.3 is 11.9 Å². The van der Waals surface area contributed by atoms with Crippen molar-refractivity contribution in [2.24, 2.45) is 0 Å². The van der Waals surface area contributed by atoms with Crippen molar-refractivity contribution in [1.82, 2.24) is 15.2 Å². The topological polar surface area (TPSA) is 95.6 Å². The molecule has 30 heavy (non-hydrogen) atoms. The maximum Gasteiger partial charge on any atom is 0.417 e. The first-order chi connectivity index (χ1) is 14.3. The molecule has 2 aromatic carbocycles. The van der Waals surface area contributed by atoms with Crippen LogP contribution in [-0.2, 0) is 19.0 Å². The van der Waals surface area contributed by atoms with E-state index in [2.05, 4.69) is 15.2 Å². The molecular formula is C20H15F3N4O2S. The molecule has 0 bridgehead atoms. The highest BCUT2D eigenvalue weighted by Gasteiger charge is 2.29. The summed E-state index contributed by atoms with van der Waals surface area (Å²) < 4.78 is 42.9. The van der Waals surface area contributed by atoms with Gasteiger partial charge in [0.25, 0.3) is 0 Å². The number of alkyl halides is 3. The van der Waals surface area contributed by atoms with E-state index in [0.29, 0.717) is 40.2 Å². The third kappa shape index (κ3) is 4.48. The van der Waals surface area contributed by atoms with E-state index in [9.17, 15) is 18.0 Å². The maximum absolute atomic E-state index is 12.6. The zero-order valence-corrected chi connectivity index (χ0v) is 16.2. The summed E-state index contributed by atoms with van der Waals surface area (Å²) in [6.45, 7) is 0. The highest BCUT2D eigenvalue weighted by Crippen LogP contribution is 2.29. The molecule has 0 aliphatic carbocycles. The number of oxazole rings is 1. The lowest BCUT2D eigenvalue weighted by Gasteiger charge is -2.08. The van der Waals surface area contributed by atoms with Crippen LogP contribution < -0.4 is 5.76 Å². The fourth-order valence-corrected chi connectivity index (χ4v) is 3.79. The van der Waals surface area contributed by atoms with Crippen molar-refractivity contribution < 1.29 is 17.6 Å². The number of benzene rings is 2. The van der Waals surface area contributed by atoms with Crippen molar-refractivity contribution in [3.05, 3.63) is 69.1 Å². The van der Waals surface area contributed by atoms with Gasteiger partial charge in [0.05, 0.1) is 11.1 Å². The van der Waals surface area contributed by atoms with E-state index >= 15 is 0 Å². The average Bonchev–Trinajstić information content (AvgIpc) is 3.31. The van der Waals surface area contributed by atoms with Gasteiger partial charge in [-0.15, -0.1) is 10.2 Å². The molecule has 2 N–H and O–H groups in total. The number of nitrogens with one attached hydrogen (secondary N) is 2. The van der Waals surface area contributed by atoms with Gasteiger partial charge in [-0.25, -0.2) is 4.79 Å². The molecule has 4 rings (SSSR count). The van der Waals surface area contributed by atoms with Crippen LogP contribution in [0.5, 0.6) is 0 Å². The Kier molecular flexibility index (Phi) is 5.25. The molecule has 0 radical (unpaired) electrons. The Labute approximate surface area is 171 Å². The molecule has 0 fully saturated rings. The Bertz CT molecular complexity index is 1260. The number of fused-ring (bicyclic) bond motifs is 1. The number of hydrogen-bond acceptors (Lipinski definition) is 6. The summed E-state index contributed by atoms with van der Waals surface area (Å²) in [6, 6.07) is 10.1. The van der Waals surface area contributed by atoms with E-state index in [1.54, 1.807) is 12.1 Å².